The molecule has 1 N–H and O–H groups in total. The van der Waals surface area contributed by atoms with Crippen LogP contribution < -0.4 is 0 Å². The predicted molar refractivity (Wildman–Crippen MR) is 77.8 cm³/mol. The quantitative estimate of drug-likeness (QED) is 0.767. The molecule has 0 saturated carbocycles. The van der Waals surface area contributed by atoms with Gasteiger partial charge in [-0.1, -0.05) is 43.7 Å². The zero-order chi connectivity index (χ0) is 13.1. The summed E-state index contributed by atoms with van der Waals surface area (Å²) >= 11 is 4.24. The molecule has 1 rings (SSSR count). The van der Waals surface area contributed by atoms with E-state index in [2.05, 4.69) is 57.7 Å². The number of thiol groups is 1. The first-order chi connectivity index (χ1) is 7.78. The summed E-state index contributed by atoms with van der Waals surface area (Å²) in [6.07, 6.45) is 1.96. The van der Waals surface area contributed by atoms with Crippen molar-refractivity contribution in [3.05, 3.63) is 35.4 Å². The molecule has 0 aromatic heterocycles. The van der Waals surface area contributed by atoms with E-state index >= 15 is 0 Å². The molecule has 0 radical (unpaired) electrons. The van der Waals surface area contributed by atoms with Crippen LogP contribution in [0.25, 0.3) is 0 Å². The van der Waals surface area contributed by atoms with Gasteiger partial charge in [-0.15, -0.1) is 0 Å². The summed E-state index contributed by atoms with van der Waals surface area (Å²) in [5.74, 6) is 0.494. The van der Waals surface area contributed by atoms with E-state index < -0.39 is 5.60 Å². The van der Waals surface area contributed by atoms with E-state index in [1.54, 1.807) is 0 Å². The van der Waals surface area contributed by atoms with Crippen LogP contribution >= 0.6 is 12.6 Å². The lowest BCUT2D eigenvalue weighted by Crippen LogP contribution is -2.43. The maximum absolute atomic E-state index is 10.3. The summed E-state index contributed by atoms with van der Waals surface area (Å²) in [6.45, 7) is 8.18. The molecule has 0 heterocycles. The highest BCUT2D eigenvalue weighted by Gasteiger charge is 2.37. The molecule has 1 aromatic rings. The zero-order valence-electron chi connectivity index (χ0n) is 11.3. The van der Waals surface area contributed by atoms with Gasteiger partial charge in [-0.25, -0.2) is 0 Å². The molecular formula is C15H24OS. The van der Waals surface area contributed by atoms with Crippen molar-refractivity contribution < 1.29 is 5.11 Å². The minimum absolute atomic E-state index is 0.125. The van der Waals surface area contributed by atoms with Crippen molar-refractivity contribution in [2.24, 2.45) is 5.41 Å². The van der Waals surface area contributed by atoms with Crippen LogP contribution in [0.1, 0.15) is 38.3 Å². The van der Waals surface area contributed by atoms with Crippen LogP contribution in [0.2, 0.25) is 0 Å². The molecule has 1 unspecified atom stereocenters. The molecule has 0 amide bonds. The molecule has 1 aromatic carbocycles. The van der Waals surface area contributed by atoms with E-state index in [0.717, 1.165) is 12.8 Å². The highest BCUT2D eigenvalue weighted by atomic mass is 32.1. The van der Waals surface area contributed by atoms with Gasteiger partial charge in [0.25, 0.3) is 0 Å². The fourth-order valence-corrected chi connectivity index (χ4v) is 2.12. The van der Waals surface area contributed by atoms with E-state index in [0.29, 0.717) is 5.75 Å². The average Bonchev–Trinajstić information content (AvgIpc) is 2.28. The van der Waals surface area contributed by atoms with Gasteiger partial charge in [0.1, 0.15) is 0 Å². The predicted octanol–water partition coefficient (Wildman–Crippen LogP) is 3.63. The van der Waals surface area contributed by atoms with Gasteiger partial charge in [0.2, 0.25) is 0 Å². The van der Waals surface area contributed by atoms with E-state index in [-0.39, 0.29) is 5.41 Å². The number of hydrogen-bond acceptors (Lipinski definition) is 2. The monoisotopic (exact) mass is 252 g/mol. The Kier molecular flexibility index (Phi) is 4.68. The number of aliphatic hydroxyl groups is 1. The van der Waals surface area contributed by atoms with E-state index in [1.807, 2.05) is 6.92 Å². The summed E-state index contributed by atoms with van der Waals surface area (Å²) in [5.41, 5.74) is 1.77. The fourth-order valence-electron chi connectivity index (χ4n) is 1.69. The van der Waals surface area contributed by atoms with Crippen LogP contribution in [0.4, 0.5) is 0 Å². The van der Waals surface area contributed by atoms with Crippen molar-refractivity contribution in [2.45, 2.75) is 46.1 Å². The molecule has 96 valence electrons. The molecule has 0 bridgehead atoms. The van der Waals surface area contributed by atoms with E-state index in [1.165, 1.54) is 11.1 Å². The molecule has 2 heteroatoms. The third-order valence-electron chi connectivity index (χ3n) is 3.93. The molecule has 0 fully saturated rings. The third-order valence-corrected chi connectivity index (χ3v) is 4.54. The van der Waals surface area contributed by atoms with Gasteiger partial charge in [0.15, 0.2) is 0 Å². The second-order valence-corrected chi connectivity index (χ2v) is 6.12. The zero-order valence-corrected chi connectivity index (χ0v) is 12.2. The molecule has 0 aliphatic rings. The third kappa shape index (κ3) is 3.75. The van der Waals surface area contributed by atoms with Gasteiger partial charge in [-0.05, 0) is 37.7 Å². The first-order valence-electron chi connectivity index (χ1n) is 6.17. The Balaban J connectivity index is 2.64. The summed E-state index contributed by atoms with van der Waals surface area (Å²) in [4.78, 5) is 0. The second-order valence-electron chi connectivity index (χ2n) is 5.80. The number of benzene rings is 1. The minimum atomic E-state index is -0.721. The lowest BCUT2D eigenvalue weighted by atomic mass is 9.73. The summed E-state index contributed by atoms with van der Waals surface area (Å²) in [7, 11) is 0. The van der Waals surface area contributed by atoms with E-state index in [4.69, 9.17) is 0 Å². The summed E-state index contributed by atoms with van der Waals surface area (Å²) < 4.78 is 0. The summed E-state index contributed by atoms with van der Waals surface area (Å²) in [6, 6.07) is 8.61. The van der Waals surface area contributed by atoms with Crippen LogP contribution in [0.3, 0.4) is 0 Å². The van der Waals surface area contributed by atoms with Crippen LogP contribution in [0.15, 0.2) is 24.3 Å². The maximum Gasteiger partial charge on any atom is 0.0757 e. The molecule has 1 nitrogen and oxygen atoms in total. The molecule has 1 atom stereocenters. The van der Waals surface area contributed by atoms with Crippen molar-refractivity contribution in [1.29, 1.82) is 0 Å². The van der Waals surface area contributed by atoms with Crippen molar-refractivity contribution in [2.75, 3.05) is 5.75 Å². The van der Waals surface area contributed by atoms with Crippen molar-refractivity contribution in [3.63, 3.8) is 0 Å². The normalized spacial score (nSPS) is 15.6. The Morgan fingerprint density at radius 2 is 1.65 bits per heavy atom. The molecular weight excluding hydrogens is 228 g/mol. The van der Waals surface area contributed by atoms with E-state index in [9.17, 15) is 5.11 Å². The molecule has 0 aliphatic carbocycles. The van der Waals surface area contributed by atoms with Crippen molar-refractivity contribution in [1.82, 2.24) is 0 Å². The molecule has 17 heavy (non-hydrogen) atoms. The van der Waals surface area contributed by atoms with Crippen LogP contribution in [-0.4, -0.2) is 16.5 Å². The van der Waals surface area contributed by atoms with Gasteiger partial charge < -0.3 is 5.11 Å². The van der Waals surface area contributed by atoms with Gasteiger partial charge in [0.05, 0.1) is 5.60 Å². The SMILES string of the molecule is Cc1ccc(CCC(C)(C)C(C)(O)CS)cc1. The molecule has 0 aliphatic heterocycles. The maximum atomic E-state index is 10.3. The first kappa shape index (κ1) is 14.6. The topological polar surface area (TPSA) is 20.2 Å². The highest BCUT2D eigenvalue weighted by Crippen LogP contribution is 2.36. The number of aryl methyl sites for hydroxylation is 2. The first-order valence-corrected chi connectivity index (χ1v) is 6.80. The highest BCUT2D eigenvalue weighted by molar-refractivity contribution is 7.80. The average molecular weight is 252 g/mol. The Labute approximate surface area is 111 Å². The minimum Gasteiger partial charge on any atom is -0.389 e. The molecule has 0 spiro atoms. The number of rotatable bonds is 5. The lowest BCUT2D eigenvalue weighted by molar-refractivity contribution is -0.0344. The van der Waals surface area contributed by atoms with Crippen molar-refractivity contribution in [3.8, 4) is 0 Å². The smallest absolute Gasteiger partial charge is 0.0757 e. The Hall–Kier alpha value is -0.470. The second kappa shape index (κ2) is 5.45. The Morgan fingerprint density at radius 3 is 2.12 bits per heavy atom. The molecule has 0 saturated heterocycles. The van der Waals surface area contributed by atoms with Crippen LogP contribution in [-0.2, 0) is 6.42 Å². The van der Waals surface area contributed by atoms with Gasteiger partial charge in [0, 0.05) is 5.75 Å². The van der Waals surface area contributed by atoms with Crippen molar-refractivity contribution >= 4 is 12.6 Å². The lowest BCUT2D eigenvalue weighted by Gasteiger charge is -2.39. The summed E-state index contributed by atoms with van der Waals surface area (Å²) in [5, 5.41) is 10.3. The standard InChI is InChI=1S/C15H24OS/c1-12-5-7-13(8-6-12)9-10-14(2,3)15(4,16)11-17/h5-8,16-17H,9-11H2,1-4H3. The Bertz CT molecular complexity index is 352. The van der Waals surface area contributed by atoms with Crippen LogP contribution in [0, 0.1) is 12.3 Å². The Morgan fingerprint density at radius 1 is 1.12 bits per heavy atom. The van der Waals surface area contributed by atoms with Gasteiger partial charge >= 0.3 is 0 Å². The van der Waals surface area contributed by atoms with Gasteiger partial charge in [-0.3, -0.25) is 0 Å². The largest absolute Gasteiger partial charge is 0.389 e. The number of hydrogen-bond donors (Lipinski definition) is 2. The van der Waals surface area contributed by atoms with Crippen LogP contribution in [0.5, 0.6) is 0 Å². The van der Waals surface area contributed by atoms with Gasteiger partial charge in [-0.2, -0.15) is 12.6 Å². The fraction of sp³-hybridized carbons (Fsp3) is 0.600.